The van der Waals surface area contributed by atoms with Crippen LogP contribution in [0.25, 0.3) is 0 Å². The Hall–Kier alpha value is -4.41. The zero-order valence-corrected chi connectivity index (χ0v) is 25.3. The third-order valence-corrected chi connectivity index (χ3v) is 8.77. The number of benzene rings is 3. The average Bonchev–Trinajstić information content (AvgIpc) is 3.03. The summed E-state index contributed by atoms with van der Waals surface area (Å²) >= 11 is 1.47. The predicted molar refractivity (Wildman–Crippen MR) is 163 cm³/mol. The molecule has 1 fully saturated rings. The molecule has 5 rings (SSSR count). The molecule has 0 atom stereocenters. The number of para-hydroxylation sites is 1. The van der Waals surface area contributed by atoms with Gasteiger partial charge in [-0.15, -0.1) is 0 Å². The third-order valence-electron chi connectivity index (χ3n) is 7.64. The second-order valence-electron chi connectivity index (χ2n) is 10.6. The van der Waals surface area contributed by atoms with Gasteiger partial charge in [0.25, 0.3) is 5.69 Å². The van der Waals surface area contributed by atoms with Crippen LogP contribution in [-0.4, -0.2) is 84.6 Å². The van der Waals surface area contributed by atoms with Crippen molar-refractivity contribution in [3.05, 3.63) is 86.5 Å². The Morgan fingerprint density at radius 3 is 2.24 bits per heavy atom. The molecule has 2 heterocycles. The lowest BCUT2D eigenvalue weighted by molar-refractivity contribution is -0.394. The molecule has 1 saturated heterocycles. The van der Waals surface area contributed by atoms with Gasteiger partial charge in [-0.25, -0.2) is 4.79 Å². The van der Waals surface area contributed by atoms with Gasteiger partial charge >= 0.3 is 17.8 Å². The first kappa shape index (κ1) is 33.0. The summed E-state index contributed by atoms with van der Waals surface area (Å²) in [6.45, 7) is 4.36. The summed E-state index contributed by atoms with van der Waals surface area (Å²) in [5.41, 5.74) is -0.300. The standard InChI is InChI=1S/C30H30F3N5O7S/c31-30(32,33)21-6-9-28-25(18-21)36(23-4-1-2-5-27(23)46-28)11-3-10-34-12-14-35(15-13-34)16-17-44-29(39)20-45-26-8-7-22(37(40)41)19-24(26)38(42)43/h1-2,4-9,18-19H,3,10-17,20H2. The Labute approximate surface area is 266 Å². The Morgan fingerprint density at radius 1 is 0.848 bits per heavy atom. The van der Waals surface area contributed by atoms with Crippen molar-refractivity contribution in [2.24, 2.45) is 0 Å². The van der Waals surface area contributed by atoms with Gasteiger partial charge in [-0.1, -0.05) is 23.9 Å². The van der Waals surface area contributed by atoms with Crippen LogP contribution < -0.4 is 9.64 Å². The minimum atomic E-state index is -4.42. The van der Waals surface area contributed by atoms with Crippen LogP contribution in [0.2, 0.25) is 0 Å². The maximum Gasteiger partial charge on any atom is 0.416 e. The molecule has 3 aromatic carbocycles. The van der Waals surface area contributed by atoms with Crippen molar-refractivity contribution in [3.8, 4) is 5.75 Å². The van der Waals surface area contributed by atoms with Crippen molar-refractivity contribution in [2.45, 2.75) is 22.4 Å². The van der Waals surface area contributed by atoms with Gasteiger partial charge in [0.1, 0.15) is 6.61 Å². The van der Waals surface area contributed by atoms with Crippen molar-refractivity contribution >= 4 is 40.5 Å². The number of rotatable bonds is 12. The molecule has 0 N–H and O–H groups in total. The Bertz CT molecular complexity index is 1600. The smallest absolute Gasteiger partial charge is 0.416 e. The highest BCUT2D eigenvalue weighted by Gasteiger charge is 2.33. The van der Waals surface area contributed by atoms with Crippen molar-refractivity contribution in [1.29, 1.82) is 0 Å². The fraction of sp³-hybridized carbons (Fsp3) is 0.367. The molecule has 2 aliphatic rings. The number of alkyl halides is 3. The number of non-ortho nitro benzene ring substituents is 1. The number of anilines is 2. The van der Waals surface area contributed by atoms with Crippen LogP contribution in [0.15, 0.2) is 70.5 Å². The van der Waals surface area contributed by atoms with E-state index in [0.29, 0.717) is 18.8 Å². The molecule has 0 aliphatic carbocycles. The minimum absolute atomic E-state index is 0.0935. The van der Waals surface area contributed by atoms with Gasteiger partial charge in [-0.05, 0) is 49.4 Å². The highest BCUT2D eigenvalue weighted by atomic mass is 32.2. The number of carbonyl (C=O) groups is 1. The minimum Gasteiger partial charge on any atom is -0.475 e. The van der Waals surface area contributed by atoms with Crippen LogP contribution in [-0.2, 0) is 15.7 Å². The summed E-state index contributed by atoms with van der Waals surface area (Å²) in [7, 11) is 0. The number of nitro benzene ring substituents is 2. The van der Waals surface area contributed by atoms with Gasteiger partial charge in [0.2, 0.25) is 0 Å². The van der Waals surface area contributed by atoms with Crippen molar-refractivity contribution < 1.29 is 37.3 Å². The van der Waals surface area contributed by atoms with Gasteiger partial charge in [-0.2, -0.15) is 13.2 Å². The molecule has 3 aromatic rings. The van der Waals surface area contributed by atoms with Gasteiger partial charge in [0.15, 0.2) is 12.4 Å². The molecule has 0 radical (unpaired) electrons. The molecule has 2 aliphatic heterocycles. The highest BCUT2D eigenvalue weighted by Crippen LogP contribution is 2.49. The SMILES string of the molecule is O=C(COc1ccc([N+](=O)[O-])cc1[N+](=O)[O-])OCCN1CCN(CCCN2c3ccccc3Sc3ccc(C(F)(F)F)cc32)CC1. The van der Waals surface area contributed by atoms with Crippen molar-refractivity contribution in [3.63, 3.8) is 0 Å². The second kappa shape index (κ2) is 14.3. The number of hydrogen-bond acceptors (Lipinski definition) is 11. The Morgan fingerprint density at radius 2 is 1.54 bits per heavy atom. The molecule has 12 nitrogen and oxygen atoms in total. The van der Waals surface area contributed by atoms with E-state index in [1.807, 2.05) is 29.2 Å². The molecule has 0 amide bonds. The van der Waals surface area contributed by atoms with Gasteiger partial charge in [0, 0.05) is 55.1 Å². The third kappa shape index (κ3) is 8.05. The number of carbonyl (C=O) groups excluding carboxylic acids is 1. The molecular weight excluding hydrogens is 631 g/mol. The first-order valence-electron chi connectivity index (χ1n) is 14.4. The summed E-state index contributed by atoms with van der Waals surface area (Å²) < 4.78 is 50.8. The number of fused-ring (bicyclic) bond motifs is 2. The lowest BCUT2D eigenvalue weighted by atomic mass is 10.1. The monoisotopic (exact) mass is 661 g/mol. The summed E-state index contributed by atoms with van der Waals surface area (Å²) in [5.74, 6) is -1.00. The van der Waals surface area contributed by atoms with E-state index in [9.17, 15) is 38.2 Å². The molecular formula is C30H30F3N5O7S. The molecule has 0 saturated carbocycles. The van der Waals surface area contributed by atoms with Gasteiger partial charge in [-0.3, -0.25) is 25.1 Å². The van der Waals surface area contributed by atoms with E-state index in [-0.39, 0.29) is 12.4 Å². The number of ether oxygens (including phenoxy) is 2. The van der Waals surface area contributed by atoms with E-state index in [0.717, 1.165) is 78.9 Å². The first-order valence-corrected chi connectivity index (χ1v) is 15.2. The Kier molecular flexibility index (Phi) is 10.3. The molecule has 46 heavy (non-hydrogen) atoms. The van der Waals surface area contributed by atoms with E-state index in [2.05, 4.69) is 9.80 Å². The molecule has 0 spiro atoms. The summed E-state index contributed by atoms with van der Waals surface area (Å²) in [5, 5.41) is 22.1. The molecule has 0 bridgehead atoms. The molecule has 16 heteroatoms. The van der Waals surface area contributed by atoms with Crippen molar-refractivity contribution in [2.75, 3.05) is 63.9 Å². The topological polar surface area (TPSA) is 132 Å². The van der Waals surface area contributed by atoms with Crippen LogP contribution >= 0.6 is 11.8 Å². The van der Waals surface area contributed by atoms with Crippen LogP contribution in [0.5, 0.6) is 5.75 Å². The number of piperazine rings is 1. The molecule has 0 aromatic heterocycles. The zero-order chi connectivity index (χ0) is 32.8. The predicted octanol–water partition coefficient (Wildman–Crippen LogP) is 5.75. The van der Waals surface area contributed by atoms with Crippen molar-refractivity contribution in [1.82, 2.24) is 9.80 Å². The lowest BCUT2D eigenvalue weighted by Gasteiger charge is -2.36. The summed E-state index contributed by atoms with van der Waals surface area (Å²) in [4.78, 5) is 40.8. The van der Waals surface area contributed by atoms with Crippen LogP contribution in [0.4, 0.5) is 35.9 Å². The highest BCUT2D eigenvalue weighted by molar-refractivity contribution is 7.99. The van der Waals surface area contributed by atoms with Gasteiger partial charge in [0.05, 0.1) is 32.9 Å². The largest absolute Gasteiger partial charge is 0.475 e. The average molecular weight is 662 g/mol. The van der Waals surface area contributed by atoms with E-state index in [1.54, 1.807) is 6.07 Å². The van der Waals surface area contributed by atoms with E-state index < -0.39 is 45.5 Å². The van der Waals surface area contributed by atoms with Crippen LogP contribution in [0.3, 0.4) is 0 Å². The second-order valence-corrected chi connectivity index (χ2v) is 11.7. The zero-order valence-electron chi connectivity index (χ0n) is 24.5. The molecule has 0 unspecified atom stereocenters. The number of halogens is 3. The van der Waals surface area contributed by atoms with E-state index in [4.69, 9.17) is 9.47 Å². The Balaban J connectivity index is 1.05. The van der Waals surface area contributed by atoms with Crippen LogP contribution in [0.1, 0.15) is 12.0 Å². The number of hydrogen-bond donors (Lipinski definition) is 0. The quantitative estimate of drug-likeness (QED) is 0.133. The number of esters is 1. The maximum atomic E-state index is 13.5. The fourth-order valence-corrected chi connectivity index (χ4v) is 6.36. The number of nitro groups is 2. The first-order chi connectivity index (χ1) is 22.0. The normalized spacial score (nSPS) is 15.2. The lowest BCUT2D eigenvalue weighted by Crippen LogP contribution is -2.47. The summed E-state index contributed by atoms with van der Waals surface area (Å²) in [6, 6.07) is 14.5. The fourth-order valence-electron chi connectivity index (χ4n) is 5.29. The van der Waals surface area contributed by atoms with Gasteiger partial charge < -0.3 is 19.3 Å². The summed E-state index contributed by atoms with van der Waals surface area (Å²) in [6.07, 6.45) is -3.67. The van der Waals surface area contributed by atoms with Crippen LogP contribution in [0, 0.1) is 20.2 Å². The maximum absolute atomic E-state index is 13.5. The van der Waals surface area contributed by atoms with E-state index in [1.165, 1.54) is 17.8 Å². The molecule has 244 valence electrons. The number of nitrogens with zero attached hydrogens (tertiary/aromatic N) is 5. The van der Waals surface area contributed by atoms with E-state index >= 15 is 0 Å².